The van der Waals surface area contributed by atoms with Gasteiger partial charge in [-0.3, -0.25) is 4.79 Å². The summed E-state index contributed by atoms with van der Waals surface area (Å²) >= 11 is 0. The van der Waals surface area contributed by atoms with Crippen molar-refractivity contribution < 1.29 is 20.1 Å². The number of hydroxylamine groups is 2. The number of Topliss-reactive ketones (excluding diaryl/α,β-unsaturated/α-hetero) is 1. The molecule has 1 heterocycles. The van der Waals surface area contributed by atoms with E-state index in [9.17, 15) is 15.2 Å². The lowest BCUT2D eigenvalue weighted by Crippen LogP contribution is -3.14. The van der Waals surface area contributed by atoms with Crippen LogP contribution < -0.4 is 10.1 Å². The fraction of sp³-hybridized carbons (Fsp3) is 0.950. The fourth-order valence-corrected chi connectivity index (χ4v) is 5.49. The molecule has 0 amide bonds. The van der Waals surface area contributed by atoms with Crippen LogP contribution in [0.1, 0.15) is 77.0 Å². The van der Waals surface area contributed by atoms with Crippen molar-refractivity contribution in [2.75, 3.05) is 19.6 Å². The van der Waals surface area contributed by atoms with Crippen LogP contribution in [0.3, 0.4) is 0 Å². The Kier molecular flexibility index (Phi) is 7.28. The average molecular weight is 354 g/mol. The smallest absolute Gasteiger partial charge is 0.190 e. The molecule has 3 aliphatic rings. The van der Waals surface area contributed by atoms with Crippen LogP contribution >= 0.6 is 0 Å². The molecule has 0 bridgehead atoms. The van der Waals surface area contributed by atoms with Gasteiger partial charge in [0.05, 0.1) is 13.1 Å². The van der Waals surface area contributed by atoms with Gasteiger partial charge in [0, 0.05) is 18.8 Å². The second kappa shape index (κ2) is 9.45. The van der Waals surface area contributed by atoms with Crippen LogP contribution in [0.4, 0.5) is 0 Å². The summed E-state index contributed by atoms with van der Waals surface area (Å²) in [6.45, 7) is 2.91. The number of quaternary nitrogens is 2. The lowest BCUT2D eigenvalue weighted by Gasteiger charge is -2.34. The van der Waals surface area contributed by atoms with Crippen LogP contribution in [0.15, 0.2) is 0 Å². The van der Waals surface area contributed by atoms with E-state index in [2.05, 4.69) is 0 Å². The molecule has 2 saturated carbocycles. The first-order chi connectivity index (χ1) is 12.1. The Morgan fingerprint density at radius 2 is 1.64 bits per heavy atom. The third-order valence-corrected chi connectivity index (χ3v) is 7.11. The summed E-state index contributed by atoms with van der Waals surface area (Å²) in [5, 5.41) is 19.7. The van der Waals surface area contributed by atoms with E-state index in [4.69, 9.17) is 0 Å². The molecule has 1 saturated heterocycles. The summed E-state index contributed by atoms with van der Waals surface area (Å²) < 4.78 is 0. The van der Waals surface area contributed by atoms with Crippen molar-refractivity contribution in [1.82, 2.24) is 0 Å². The van der Waals surface area contributed by atoms with Crippen LogP contribution in [-0.4, -0.2) is 36.7 Å². The number of hydrogen-bond acceptors (Lipinski definition) is 3. The van der Waals surface area contributed by atoms with Crippen molar-refractivity contribution >= 4 is 5.78 Å². The van der Waals surface area contributed by atoms with Crippen molar-refractivity contribution in [3.63, 3.8) is 0 Å². The zero-order valence-electron chi connectivity index (χ0n) is 15.7. The fourth-order valence-electron chi connectivity index (χ4n) is 5.49. The topological polar surface area (TPSA) is 69.2 Å². The highest BCUT2D eigenvalue weighted by Crippen LogP contribution is 2.31. The van der Waals surface area contributed by atoms with Gasteiger partial charge in [0.15, 0.2) is 5.78 Å². The highest BCUT2D eigenvalue weighted by Gasteiger charge is 2.33. The van der Waals surface area contributed by atoms with Gasteiger partial charge in [-0.2, -0.15) is 0 Å². The first-order valence-corrected chi connectivity index (χ1v) is 10.7. The van der Waals surface area contributed by atoms with Crippen molar-refractivity contribution in [2.24, 2.45) is 17.8 Å². The Morgan fingerprint density at radius 1 is 0.960 bits per heavy atom. The maximum Gasteiger partial charge on any atom is 0.190 e. The number of rotatable bonds is 6. The molecule has 3 fully saturated rings. The molecule has 2 aliphatic carbocycles. The van der Waals surface area contributed by atoms with Crippen LogP contribution in [0, 0.1) is 23.0 Å². The normalized spacial score (nSPS) is 36.1. The van der Waals surface area contributed by atoms with Crippen molar-refractivity contribution in [2.45, 2.75) is 83.1 Å². The summed E-state index contributed by atoms with van der Waals surface area (Å²) in [5.74, 6) is 2.18. The summed E-state index contributed by atoms with van der Waals surface area (Å²) in [4.78, 5) is 14.1. The lowest BCUT2D eigenvalue weighted by atomic mass is 9.79. The molecule has 0 spiro atoms. The molecular weight excluding hydrogens is 316 g/mol. The van der Waals surface area contributed by atoms with Crippen LogP contribution in [0.5, 0.6) is 0 Å². The van der Waals surface area contributed by atoms with E-state index in [1.165, 1.54) is 56.3 Å². The van der Waals surface area contributed by atoms with Gasteiger partial charge in [-0.05, 0) is 43.9 Å². The largest absolute Gasteiger partial charge is 0.600 e. The maximum atomic E-state index is 12.6. The number of likely N-dealkylation sites (tertiary alicyclic amines) is 1. The first-order valence-electron chi connectivity index (χ1n) is 10.7. The van der Waals surface area contributed by atoms with E-state index in [1.807, 2.05) is 0 Å². The molecule has 0 aromatic heterocycles. The quantitative estimate of drug-likeness (QED) is 0.628. The van der Waals surface area contributed by atoms with Gasteiger partial charge in [-0.25, -0.2) is 10.4 Å². The monoisotopic (exact) mass is 353 g/mol. The molecule has 5 heteroatoms. The van der Waals surface area contributed by atoms with E-state index < -0.39 is 5.23 Å². The molecular formula is C20H37N2O3+. The van der Waals surface area contributed by atoms with E-state index in [0.29, 0.717) is 18.7 Å². The second-order valence-corrected chi connectivity index (χ2v) is 8.97. The zero-order chi connectivity index (χ0) is 17.6. The average Bonchev–Trinajstić information content (AvgIpc) is 2.64. The van der Waals surface area contributed by atoms with Crippen molar-refractivity contribution in [3.8, 4) is 0 Å². The van der Waals surface area contributed by atoms with E-state index in [-0.39, 0.29) is 12.0 Å². The number of ketones is 1. The van der Waals surface area contributed by atoms with Gasteiger partial charge in [-0.15, -0.1) is 0 Å². The van der Waals surface area contributed by atoms with Crippen molar-refractivity contribution in [3.05, 3.63) is 5.21 Å². The third-order valence-electron chi connectivity index (χ3n) is 7.11. The number of carbonyl (C=O) groups excluding carboxylic acids is 1. The molecule has 0 radical (unpaired) electrons. The SMILES string of the molecule is O=C(C[NH+]1CCC(CC2CCCCC2)CC1)C1CCCC([NH+]([O-])O)C1. The predicted molar refractivity (Wildman–Crippen MR) is 96.3 cm³/mol. The molecule has 144 valence electrons. The summed E-state index contributed by atoms with van der Waals surface area (Å²) in [6.07, 6.45) is 14.3. The highest BCUT2D eigenvalue weighted by atomic mass is 16.8. The molecule has 5 nitrogen and oxygen atoms in total. The Morgan fingerprint density at radius 3 is 2.32 bits per heavy atom. The highest BCUT2D eigenvalue weighted by molar-refractivity contribution is 5.82. The van der Waals surface area contributed by atoms with Crippen LogP contribution in [-0.2, 0) is 4.79 Å². The molecule has 25 heavy (non-hydrogen) atoms. The zero-order valence-corrected chi connectivity index (χ0v) is 15.7. The predicted octanol–water partition coefficient (Wildman–Crippen LogP) is 1.15. The molecule has 3 N–H and O–H groups in total. The van der Waals surface area contributed by atoms with Gasteiger partial charge >= 0.3 is 0 Å². The Bertz CT molecular complexity index is 415. The van der Waals surface area contributed by atoms with Gasteiger partial charge in [0.1, 0.15) is 12.6 Å². The number of carbonyl (C=O) groups is 1. The number of nitrogens with one attached hydrogen (secondary N) is 2. The third kappa shape index (κ3) is 5.75. The van der Waals surface area contributed by atoms with Gasteiger partial charge in [0.2, 0.25) is 0 Å². The summed E-state index contributed by atoms with van der Waals surface area (Å²) in [6, 6.07) is -0.293. The lowest BCUT2D eigenvalue weighted by molar-refractivity contribution is -1.07. The van der Waals surface area contributed by atoms with E-state index >= 15 is 0 Å². The first kappa shape index (κ1) is 19.3. The molecule has 3 rings (SSSR count). The van der Waals surface area contributed by atoms with E-state index in [0.717, 1.165) is 44.2 Å². The minimum atomic E-state index is -0.714. The second-order valence-electron chi connectivity index (χ2n) is 8.97. The Labute approximate surface area is 152 Å². The summed E-state index contributed by atoms with van der Waals surface area (Å²) in [5.41, 5.74) is 0. The molecule has 0 aromatic carbocycles. The van der Waals surface area contributed by atoms with Crippen LogP contribution in [0.2, 0.25) is 0 Å². The van der Waals surface area contributed by atoms with Gasteiger partial charge < -0.3 is 10.1 Å². The molecule has 3 unspecified atom stereocenters. The van der Waals surface area contributed by atoms with Gasteiger partial charge in [0.25, 0.3) is 0 Å². The standard InChI is InChI=1S/C20H36N2O3/c23-20(18-7-4-8-19(14-18)22(24)25)15-21-11-9-17(10-12-21)13-16-5-2-1-3-6-16/h16-19,22,24H,1-15H2/p+1. The molecule has 0 aromatic rings. The van der Waals surface area contributed by atoms with Gasteiger partial charge in [-0.1, -0.05) is 32.1 Å². The minimum Gasteiger partial charge on any atom is -0.600 e. The minimum absolute atomic E-state index is 0.00214. The maximum absolute atomic E-state index is 12.6. The summed E-state index contributed by atoms with van der Waals surface area (Å²) in [7, 11) is 0. The Balaban J connectivity index is 1.37. The van der Waals surface area contributed by atoms with Crippen molar-refractivity contribution in [1.29, 1.82) is 0 Å². The molecule has 1 aliphatic heterocycles. The van der Waals surface area contributed by atoms with E-state index in [1.54, 1.807) is 0 Å². The Hall–Kier alpha value is -0.490. The van der Waals surface area contributed by atoms with Crippen LogP contribution in [0.25, 0.3) is 0 Å². The number of hydrogen-bond donors (Lipinski definition) is 3. The number of piperidine rings is 1. The molecule has 3 atom stereocenters.